The van der Waals surface area contributed by atoms with Crippen LogP contribution in [0.1, 0.15) is 37.7 Å². The zero-order valence-electron chi connectivity index (χ0n) is 15.4. The summed E-state index contributed by atoms with van der Waals surface area (Å²) in [6.07, 6.45) is 3.73. The van der Waals surface area contributed by atoms with Gasteiger partial charge in [0, 0.05) is 25.3 Å². The number of carbonyl (C=O) groups is 3. The molecule has 0 aromatic heterocycles. The first kappa shape index (κ1) is 20.7. The van der Waals surface area contributed by atoms with E-state index in [1.807, 2.05) is 30.3 Å². The minimum Gasteiger partial charge on any atom is -0.480 e. The lowest BCUT2D eigenvalue weighted by Crippen LogP contribution is -2.44. The van der Waals surface area contributed by atoms with Crippen LogP contribution in [0.5, 0.6) is 0 Å². The molecule has 1 aromatic carbocycles. The molecular weight excluding hydrogens is 346 g/mol. The van der Waals surface area contributed by atoms with Crippen LogP contribution in [0.2, 0.25) is 0 Å². The Kier molecular flexibility index (Phi) is 8.53. The van der Waals surface area contributed by atoms with E-state index in [4.69, 9.17) is 9.84 Å². The molecule has 1 N–H and O–H groups in total. The van der Waals surface area contributed by atoms with Crippen molar-refractivity contribution in [3.8, 4) is 11.8 Å². The first-order valence-electron chi connectivity index (χ1n) is 9.16. The Labute approximate surface area is 159 Å². The maximum Gasteiger partial charge on any atom is 0.329 e. The smallest absolute Gasteiger partial charge is 0.329 e. The van der Waals surface area contributed by atoms with Gasteiger partial charge in [-0.15, -0.1) is 0 Å². The van der Waals surface area contributed by atoms with E-state index >= 15 is 0 Å². The van der Waals surface area contributed by atoms with Crippen molar-refractivity contribution in [2.75, 3.05) is 19.8 Å². The standard InChI is InChI=1S/C21H25NO5/c23-19(15-17-7-2-1-3-8-17)12-11-18-9-6-10-20(24)22(18)13-4-5-14-27-16-21(25)26/h1-3,7-8,18H,6,9-16H2,(H,25,26). The molecule has 1 amide bonds. The molecule has 1 atom stereocenters. The summed E-state index contributed by atoms with van der Waals surface area (Å²) in [7, 11) is 0. The van der Waals surface area contributed by atoms with Crippen molar-refractivity contribution < 1.29 is 24.2 Å². The van der Waals surface area contributed by atoms with Crippen LogP contribution in [0, 0.1) is 11.8 Å². The Bertz CT molecular complexity index is 704. The largest absolute Gasteiger partial charge is 0.480 e. The molecule has 1 fully saturated rings. The molecule has 1 aliphatic heterocycles. The second-order valence-corrected chi connectivity index (χ2v) is 6.55. The number of hydrogen-bond donors (Lipinski definition) is 1. The quantitative estimate of drug-likeness (QED) is 0.531. The van der Waals surface area contributed by atoms with Gasteiger partial charge in [0.05, 0.1) is 6.54 Å². The Morgan fingerprint density at radius 3 is 2.74 bits per heavy atom. The molecule has 0 radical (unpaired) electrons. The molecule has 6 heteroatoms. The number of likely N-dealkylation sites (tertiary alicyclic amines) is 1. The van der Waals surface area contributed by atoms with Crippen LogP contribution in [0.4, 0.5) is 0 Å². The fourth-order valence-electron chi connectivity index (χ4n) is 3.13. The fourth-order valence-corrected chi connectivity index (χ4v) is 3.13. The third kappa shape index (κ3) is 7.63. The number of piperidine rings is 1. The highest BCUT2D eigenvalue weighted by molar-refractivity contribution is 5.81. The van der Waals surface area contributed by atoms with Gasteiger partial charge in [0.15, 0.2) is 0 Å². The maximum atomic E-state index is 12.2. The number of hydrogen-bond acceptors (Lipinski definition) is 4. The first-order chi connectivity index (χ1) is 13.1. The summed E-state index contributed by atoms with van der Waals surface area (Å²) in [6, 6.07) is 9.67. The monoisotopic (exact) mass is 371 g/mol. The maximum absolute atomic E-state index is 12.2. The van der Waals surface area contributed by atoms with Gasteiger partial charge in [0.2, 0.25) is 5.91 Å². The molecule has 144 valence electrons. The predicted octanol–water partition coefficient (Wildman–Crippen LogP) is 2.06. The normalized spacial score (nSPS) is 16.5. The van der Waals surface area contributed by atoms with Crippen molar-refractivity contribution in [2.45, 2.75) is 44.6 Å². The number of carboxylic acid groups (broad SMARTS) is 1. The van der Waals surface area contributed by atoms with Crippen LogP contribution in [0.15, 0.2) is 30.3 Å². The number of ketones is 1. The molecule has 1 heterocycles. The number of carboxylic acids is 1. The molecule has 2 rings (SSSR count). The molecule has 1 saturated heterocycles. The van der Waals surface area contributed by atoms with E-state index in [0.717, 1.165) is 18.4 Å². The van der Waals surface area contributed by atoms with Gasteiger partial charge in [-0.3, -0.25) is 9.59 Å². The van der Waals surface area contributed by atoms with Crippen molar-refractivity contribution >= 4 is 17.7 Å². The number of Topliss-reactive ketones (excluding diaryl/α,β-unsaturated/α-hetero) is 1. The lowest BCUT2D eigenvalue weighted by molar-refractivity contribution is -0.141. The van der Waals surface area contributed by atoms with Crippen molar-refractivity contribution in [2.24, 2.45) is 0 Å². The van der Waals surface area contributed by atoms with Crippen molar-refractivity contribution in [1.82, 2.24) is 4.90 Å². The van der Waals surface area contributed by atoms with Gasteiger partial charge in [-0.25, -0.2) is 4.79 Å². The molecule has 27 heavy (non-hydrogen) atoms. The summed E-state index contributed by atoms with van der Waals surface area (Å²) in [6.45, 7) is -0.0785. The molecule has 0 saturated carbocycles. The van der Waals surface area contributed by atoms with Gasteiger partial charge < -0.3 is 14.7 Å². The highest BCUT2D eigenvalue weighted by Gasteiger charge is 2.27. The van der Waals surface area contributed by atoms with E-state index in [2.05, 4.69) is 11.8 Å². The van der Waals surface area contributed by atoms with Gasteiger partial charge >= 0.3 is 5.97 Å². The molecular formula is C21H25NO5. The molecule has 0 aliphatic carbocycles. The molecule has 0 spiro atoms. The summed E-state index contributed by atoms with van der Waals surface area (Å²) in [4.78, 5) is 36.5. The highest BCUT2D eigenvalue weighted by atomic mass is 16.5. The molecule has 1 unspecified atom stereocenters. The van der Waals surface area contributed by atoms with Gasteiger partial charge in [-0.2, -0.15) is 0 Å². The van der Waals surface area contributed by atoms with Crippen LogP contribution >= 0.6 is 0 Å². The van der Waals surface area contributed by atoms with Crippen molar-refractivity contribution in [3.05, 3.63) is 35.9 Å². The summed E-state index contributed by atoms with van der Waals surface area (Å²) >= 11 is 0. The highest BCUT2D eigenvalue weighted by Crippen LogP contribution is 2.22. The molecule has 1 aliphatic rings. The van der Waals surface area contributed by atoms with E-state index in [0.29, 0.717) is 25.7 Å². The minimum absolute atomic E-state index is 0.0224. The van der Waals surface area contributed by atoms with Gasteiger partial charge in [0.1, 0.15) is 19.0 Å². The number of benzene rings is 1. The second kappa shape index (κ2) is 11.1. The summed E-state index contributed by atoms with van der Waals surface area (Å²) in [5, 5.41) is 8.49. The summed E-state index contributed by atoms with van der Waals surface area (Å²) in [5.41, 5.74) is 1.01. The predicted molar refractivity (Wildman–Crippen MR) is 100.0 cm³/mol. The van der Waals surface area contributed by atoms with Crippen LogP contribution in [0.25, 0.3) is 0 Å². The Hall–Kier alpha value is -2.65. The Balaban J connectivity index is 1.80. The molecule has 1 aromatic rings. The number of aliphatic carboxylic acids is 1. The van der Waals surface area contributed by atoms with Gasteiger partial charge in [-0.1, -0.05) is 42.2 Å². The van der Waals surface area contributed by atoms with E-state index < -0.39 is 5.97 Å². The average Bonchev–Trinajstić information content (AvgIpc) is 2.65. The van der Waals surface area contributed by atoms with Gasteiger partial charge in [-0.05, 0) is 24.8 Å². The summed E-state index contributed by atoms with van der Waals surface area (Å²) in [5.74, 6) is 4.79. The Morgan fingerprint density at radius 2 is 2.00 bits per heavy atom. The van der Waals surface area contributed by atoms with Crippen molar-refractivity contribution in [1.29, 1.82) is 0 Å². The Morgan fingerprint density at radius 1 is 1.22 bits per heavy atom. The second-order valence-electron chi connectivity index (χ2n) is 6.55. The third-order valence-corrected chi connectivity index (χ3v) is 4.46. The number of nitrogens with zero attached hydrogens (tertiary/aromatic N) is 1. The van der Waals surface area contributed by atoms with Crippen LogP contribution in [-0.2, 0) is 25.5 Å². The number of carbonyl (C=O) groups excluding carboxylic acids is 2. The summed E-state index contributed by atoms with van der Waals surface area (Å²) < 4.78 is 4.85. The lowest BCUT2D eigenvalue weighted by Gasteiger charge is -2.34. The zero-order chi connectivity index (χ0) is 19.5. The number of ether oxygens (including phenoxy) is 1. The lowest BCUT2D eigenvalue weighted by atomic mass is 9.95. The van der Waals surface area contributed by atoms with E-state index in [-0.39, 0.29) is 37.5 Å². The van der Waals surface area contributed by atoms with Gasteiger partial charge in [0.25, 0.3) is 0 Å². The topological polar surface area (TPSA) is 83.9 Å². The number of amides is 1. The van der Waals surface area contributed by atoms with Crippen LogP contribution < -0.4 is 0 Å². The average molecular weight is 371 g/mol. The van der Waals surface area contributed by atoms with Crippen molar-refractivity contribution in [3.63, 3.8) is 0 Å². The fraction of sp³-hybridized carbons (Fsp3) is 0.476. The number of rotatable bonds is 9. The minimum atomic E-state index is -1.04. The van der Waals surface area contributed by atoms with E-state index in [1.54, 1.807) is 4.90 Å². The third-order valence-electron chi connectivity index (χ3n) is 4.46. The van der Waals surface area contributed by atoms with Crippen LogP contribution in [0.3, 0.4) is 0 Å². The molecule has 6 nitrogen and oxygen atoms in total. The first-order valence-corrected chi connectivity index (χ1v) is 9.16. The molecule has 0 bridgehead atoms. The zero-order valence-corrected chi connectivity index (χ0v) is 15.4. The SMILES string of the molecule is O=C(O)COCC#CCN1C(=O)CCCC1CCC(=O)Cc1ccccc1. The van der Waals surface area contributed by atoms with E-state index in [1.165, 1.54) is 0 Å². The van der Waals surface area contributed by atoms with Crippen LogP contribution in [-0.4, -0.2) is 53.5 Å². The van der Waals surface area contributed by atoms with E-state index in [9.17, 15) is 14.4 Å².